The summed E-state index contributed by atoms with van der Waals surface area (Å²) in [5, 5.41) is 10.8. The highest BCUT2D eigenvalue weighted by Crippen LogP contribution is 2.38. The fraction of sp³-hybridized carbons (Fsp3) is 0.500. The normalized spacial score (nSPS) is 29.3. The van der Waals surface area contributed by atoms with E-state index in [0.29, 0.717) is 23.6 Å². The number of rotatable bonds is 4. The first kappa shape index (κ1) is 17.5. The summed E-state index contributed by atoms with van der Waals surface area (Å²) in [6.07, 6.45) is 14.0. The Hall–Kier alpha value is -1.90. The summed E-state index contributed by atoms with van der Waals surface area (Å²) in [5.41, 5.74) is 1.58. The van der Waals surface area contributed by atoms with Gasteiger partial charge < -0.3 is 5.32 Å². The number of Topliss-reactive ketones (excluding diaryl/α,β-unsaturated/α-hetero) is 1. The molecule has 0 saturated heterocycles. The second-order valence-electron chi connectivity index (χ2n) is 7.08. The van der Waals surface area contributed by atoms with E-state index in [0.717, 1.165) is 12.0 Å². The fourth-order valence-corrected chi connectivity index (χ4v) is 3.57. The molecule has 23 heavy (non-hydrogen) atoms. The first-order valence-corrected chi connectivity index (χ1v) is 8.33. The van der Waals surface area contributed by atoms with Gasteiger partial charge in [0.2, 0.25) is 0 Å². The molecule has 4 atom stereocenters. The third kappa shape index (κ3) is 3.72. The van der Waals surface area contributed by atoms with Gasteiger partial charge >= 0.3 is 0 Å². The van der Waals surface area contributed by atoms with E-state index in [-0.39, 0.29) is 5.78 Å². The molecule has 124 valence electrons. The van der Waals surface area contributed by atoms with Crippen molar-refractivity contribution < 1.29 is 4.79 Å². The van der Waals surface area contributed by atoms with Crippen LogP contribution in [-0.4, -0.2) is 17.2 Å². The van der Waals surface area contributed by atoms with Gasteiger partial charge in [0.05, 0.1) is 5.84 Å². The van der Waals surface area contributed by atoms with E-state index in [2.05, 4.69) is 49.5 Å². The van der Waals surface area contributed by atoms with Crippen LogP contribution < -0.4 is 5.32 Å². The van der Waals surface area contributed by atoms with Crippen molar-refractivity contribution in [2.45, 2.75) is 46.6 Å². The Labute approximate surface area is 139 Å². The second-order valence-corrected chi connectivity index (χ2v) is 7.08. The monoisotopic (exact) mass is 312 g/mol. The van der Waals surface area contributed by atoms with Crippen molar-refractivity contribution in [2.75, 3.05) is 0 Å². The Kier molecular flexibility index (Phi) is 5.08. The molecule has 2 rings (SSSR count). The van der Waals surface area contributed by atoms with Crippen molar-refractivity contribution in [1.29, 1.82) is 5.41 Å². The number of amidine groups is 1. The van der Waals surface area contributed by atoms with Crippen molar-refractivity contribution in [1.82, 2.24) is 5.32 Å². The quantitative estimate of drug-likeness (QED) is 0.604. The molecule has 4 unspecified atom stereocenters. The van der Waals surface area contributed by atoms with Crippen LogP contribution in [0.4, 0.5) is 0 Å². The lowest BCUT2D eigenvalue weighted by Crippen LogP contribution is -2.52. The lowest BCUT2D eigenvalue weighted by molar-refractivity contribution is -0.121. The lowest BCUT2D eigenvalue weighted by Gasteiger charge is -2.37. The minimum Gasteiger partial charge on any atom is -0.359 e. The smallest absolute Gasteiger partial charge is 0.159 e. The van der Waals surface area contributed by atoms with E-state index in [1.54, 1.807) is 13.8 Å². The number of nitrogens with one attached hydrogen (secondary N) is 2. The third-order valence-electron chi connectivity index (χ3n) is 5.11. The SMILES string of the molecule is CC(=N)NC(C)(C(C)=O)C1=CC=CC(C2C=C(C)C=CC2C)C1. The Morgan fingerprint density at radius 3 is 2.65 bits per heavy atom. The van der Waals surface area contributed by atoms with E-state index in [1.807, 2.05) is 13.0 Å². The number of allylic oxidation sites excluding steroid dienone is 7. The first-order chi connectivity index (χ1) is 10.7. The summed E-state index contributed by atoms with van der Waals surface area (Å²) in [6.45, 7) is 9.55. The summed E-state index contributed by atoms with van der Waals surface area (Å²) in [6, 6.07) is 0. The number of hydrogen-bond acceptors (Lipinski definition) is 2. The highest BCUT2D eigenvalue weighted by molar-refractivity contribution is 5.94. The van der Waals surface area contributed by atoms with Crippen LogP contribution in [0.1, 0.15) is 41.0 Å². The molecule has 0 amide bonds. The van der Waals surface area contributed by atoms with Gasteiger partial charge in [-0.15, -0.1) is 0 Å². The van der Waals surface area contributed by atoms with Crippen molar-refractivity contribution >= 4 is 11.6 Å². The van der Waals surface area contributed by atoms with Crippen LogP contribution in [0.15, 0.2) is 47.6 Å². The average Bonchev–Trinajstić information content (AvgIpc) is 2.49. The summed E-state index contributed by atoms with van der Waals surface area (Å²) in [5.74, 6) is 1.70. The van der Waals surface area contributed by atoms with Gasteiger partial charge in [0, 0.05) is 0 Å². The molecule has 0 spiro atoms. The zero-order chi connectivity index (χ0) is 17.2. The molecule has 0 heterocycles. The molecule has 0 aliphatic heterocycles. The maximum atomic E-state index is 12.3. The van der Waals surface area contributed by atoms with Gasteiger partial charge in [-0.1, -0.05) is 49.0 Å². The fourth-order valence-electron chi connectivity index (χ4n) is 3.57. The molecular weight excluding hydrogens is 284 g/mol. The predicted octanol–water partition coefficient (Wildman–Crippen LogP) is 4.19. The first-order valence-electron chi connectivity index (χ1n) is 8.33. The van der Waals surface area contributed by atoms with Gasteiger partial charge in [-0.25, -0.2) is 0 Å². The number of hydrogen-bond donors (Lipinski definition) is 2. The summed E-state index contributed by atoms with van der Waals surface area (Å²) >= 11 is 0. The molecule has 3 heteroatoms. The minimum absolute atomic E-state index is 0.0488. The molecule has 0 radical (unpaired) electrons. The summed E-state index contributed by atoms with van der Waals surface area (Å²) in [4.78, 5) is 12.3. The molecule has 3 nitrogen and oxygen atoms in total. The largest absolute Gasteiger partial charge is 0.359 e. The summed E-state index contributed by atoms with van der Waals surface area (Å²) < 4.78 is 0. The molecule has 2 aliphatic carbocycles. The highest BCUT2D eigenvalue weighted by Gasteiger charge is 2.37. The van der Waals surface area contributed by atoms with Gasteiger partial charge in [-0.2, -0.15) is 0 Å². The number of carbonyl (C=O) groups excluding carboxylic acids is 1. The average molecular weight is 312 g/mol. The maximum Gasteiger partial charge on any atom is 0.159 e. The molecule has 2 N–H and O–H groups in total. The molecular formula is C20H28N2O. The Bertz CT molecular complexity index is 624. The van der Waals surface area contributed by atoms with Crippen LogP contribution in [0.2, 0.25) is 0 Å². The van der Waals surface area contributed by atoms with Gasteiger partial charge in [0.1, 0.15) is 5.54 Å². The van der Waals surface area contributed by atoms with E-state index >= 15 is 0 Å². The molecule has 2 aliphatic rings. The lowest BCUT2D eigenvalue weighted by atomic mass is 9.71. The standard InChI is InChI=1S/C20H28N2O/c1-13-9-10-14(2)19(11-13)17-7-6-8-18(12-17)20(5,15(3)23)22-16(4)21/h6-11,14,17,19H,12H2,1-5H3,(H2,21,22). The van der Waals surface area contributed by atoms with Crippen molar-refractivity contribution in [3.8, 4) is 0 Å². The molecule has 0 saturated carbocycles. The van der Waals surface area contributed by atoms with Crippen LogP contribution >= 0.6 is 0 Å². The van der Waals surface area contributed by atoms with Crippen LogP contribution in [0.25, 0.3) is 0 Å². The van der Waals surface area contributed by atoms with Crippen LogP contribution in [-0.2, 0) is 4.79 Å². The van der Waals surface area contributed by atoms with Crippen LogP contribution in [0.5, 0.6) is 0 Å². The minimum atomic E-state index is -0.790. The zero-order valence-corrected chi connectivity index (χ0v) is 14.8. The highest BCUT2D eigenvalue weighted by atomic mass is 16.1. The van der Waals surface area contributed by atoms with Gasteiger partial charge in [0.25, 0.3) is 0 Å². The van der Waals surface area contributed by atoms with Gasteiger partial charge in [0.15, 0.2) is 5.78 Å². The molecule has 0 aromatic carbocycles. The topological polar surface area (TPSA) is 53.0 Å². The van der Waals surface area contributed by atoms with Gasteiger partial charge in [-0.3, -0.25) is 10.2 Å². The maximum absolute atomic E-state index is 12.3. The summed E-state index contributed by atoms with van der Waals surface area (Å²) in [7, 11) is 0. The molecule has 0 bridgehead atoms. The van der Waals surface area contributed by atoms with E-state index < -0.39 is 5.54 Å². The second kappa shape index (κ2) is 6.69. The van der Waals surface area contributed by atoms with Crippen molar-refractivity contribution in [3.63, 3.8) is 0 Å². The predicted molar refractivity (Wildman–Crippen MR) is 96.5 cm³/mol. The van der Waals surface area contributed by atoms with Crippen molar-refractivity contribution in [3.05, 3.63) is 47.6 Å². The van der Waals surface area contributed by atoms with E-state index in [4.69, 9.17) is 5.41 Å². The molecule has 0 aromatic rings. The number of carbonyl (C=O) groups is 1. The van der Waals surface area contributed by atoms with Crippen molar-refractivity contribution in [2.24, 2.45) is 17.8 Å². The van der Waals surface area contributed by atoms with Crippen LogP contribution in [0, 0.1) is 23.2 Å². The van der Waals surface area contributed by atoms with E-state index in [9.17, 15) is 4.79 Å². The third-order valence-corrected chi connectivity index (χ3v) is 5.11. The molecule has 0 aromatic heterocycles. The van der Waals surface area contributed by atoms with Crippen LogP contribution in [0.3, 0.4) is 0 Å². The van der Waals surface area contributed by atoms with E-state index in [1.165, 1.54) is 5.57 Å². The molecule has 0 fully saturated rings. The number of ketones is 1. The van der Waals surface area contributed by atoms with Gasteiger partial charge in [-0.05, 0) is 57.4 Å². The Morgan fingerprint density at radius 2 is 2.04 bits per heavy atom. The zero-order valence-electron chi connectivity index (χ0n) is 14.8. The Morgan fingerprint density at radius 1 is 1.35 bits per heavy atom. The Balaban J connectivity index is 2.25.